The van der Waals surface area contributed by atoms with Crippen molar-refractivity contribution in [1.29, 1.82) is 0 Å². The summed E-state index contributed by atoms with van der Waals surface area (Å²) in [5.41, 5.74) is 2.13. The van der Waals surface area contributed by atoms with Crippen LogP contribution in [0.3, 0.4) is 0 Å². The topological polar surface area (TPSA) is 70.7 Å². The molecule has 1 aliphatic heterocycles. The Kier molecular flexibility index (Phi) is 6.96. The van der Waals surface area contributed by atoms with E-state index in [1.54, 1.807) is 24.3 Å². The van der Waals surface area contributed by atoms with Gasteiger partial charge in [0.2, 0.25) is 0 Å². The number of nitrogens with zero attached hydrogens (tertiary/aromatic N) is 1. The number of hydrogen-bond donors (Lipinski definition) is 2. The molecule has 0 spiro atoms. The van der Waals surface area contributed by atoms with E-state index in [0.717, 1.165) is 38.4 Å². The number of amides is 2. The van der Waals surface area contributed by atoms with E-state index in [2.05, 4.69) is 15.5 Å². The van der Waals surface area contributed by atoms with Crippen LogP contribution in [0.4, 0.5) is 0 Å². The van der Waals surface area contributed by atoms with Crippen molar-refractivity contribution in [2.45, 2.75) is 6.54 Å². The minimum Gasteiger partial charge on any atom is -0.379 e. The Bertz CT molecular complexity index is 741. The molecule has 1 saturated heterocycles. The minimum absolute atomic E-state index is 0.125. The van der Waals surface area contributed by atoms with Crippen LogP contribution in [0.2, 0.25) is 0 Å². The van der Waals surface area contributed by atoms with Crippen LogP contribution in [0.25, 0.3) is 0 Å². The molecule has 2 aromatic carbocycles. The van der Waals surface area contributed by atoms with Crippen molar-refractivity contribution in [3.8, 4) is 0 Å². The second kappa shape index (κ2) is 9.85. The van der Waals surface area contributed by atoms with Crippen LogP contribution in [0, 0.1) is 0 Å². The molecule has 0 saturated carbocycles. The first-order valence-corrected chi connectivity index (χ1v) is 9.23. The van der Waals surface area contributed by atoms with Crippen molar-refractivity contribution < 1.29 is 14.3 Å². The van der Waals surface area contributed by atoms with Crippen molar-refractivity contribution in [2.75, 3.05) is 39.4 Å². The Morgan fingerprint density at radius 2 is 1.44 bits per heavy atom. The lowest BCUT2D eigenvalue weighted by molar-refractivity contribution is 0.0383. The molecule has 0 atom stereocenters. The molecule has 142 valence electrons. The van der Waals surface area contributed by atoms with Gasteiger partial charge in [-0.05, 0) is 29.8 Å². The van der Waals surface area contributed by atoms with E-state index in [1.807, 2.05) is 30.3 Å². The van der Waals surface area contributed by atoms with Crippen LogP contribution in [0.1, 0.15) is 26.3 Å². The first kappa shape index (κ1) is 19.1. The predicted molar refractivity (Wildman–Crippen MR) is 104 cm³/mol. The molecular weight excluding hydrogens is 342 g/mol. The van der Waals surface area contributed by atoms with E-state index in [4.69, 9.17) is 4.74 Å². The van der Waals surface area contributed by atoms with Gasteiger partial charge in [-0.3, -0.25) is 14.5 Å². The molecule has 1 aliphatic rings. The second-order valence-electron chi connectivity index (χ2n) is 6.46. The predicted octanol–water partition coefficient (Wildman–Crippen LogP) is 1.68. The summed E-state index contributed by atoms with van der Waals surface area (Å²) in [4.78, 5) is 26.7. The zero-order valence-corrected chi connectivity index (χ0v) is 15.3. The van der Waals surface area contributed by atoms with E-state index >= 15 is 0 Å². The quantitative estimate of drug-likeness (QED) is 0.781. The SMILES string of the molecule is O=C(NCCN1CCOCC1)c1ccc(C(=O)NCc2ccccc2)cc1. The summed E-state index contributed by atoms with van der Waals surface area (Å²) in [6.07, 6.45) is 0. The highest BCUT2D eigenvalue weighted by Gasteiger charge is 2.12. The normalized spacial score (nSPS) is 14.5. The number of carbonyl (C=O) groups is 2. The highest BCUT2D eigenvalue weighted by molar-refractivity contribution is 5.97. The van der Waals surface area contributed by atoms with Crippen molar-refractivity contribution >= 4 is 11.8 Å². The maximum absolute atomic E-state index is 12.2. The molecule has 6 nitrogen and oxygen atoms in total. The van der Waals surface area contributed by atoms with Crippen LogP contribution < -0.4 is 10.6 Å². The fourth-order valence-electron chi connectivity index (χ4n) is 2.91. The summed E-state index contributed by atoms with van der Waals surface area (Å²) in [5.74, 6) is -0.280. The zero-order chi connectivity index (χ0) is 18.9. The summed E-state index contributed by atoms with van der Waals surface area (Å²) in [6.45, 7) is 5.20. The minimum atomic E-state index is -0.155. The molecule has 2 amide bonds. The van der Waals surface area contributed by atoms with E-state index in [1.165, 1.54) is 0 Å². The molecule has 0 bridgehead atoms. The first-order valence-electron chi connectivity index (χ1n) is 9.23. The van der Waals surface area contributed by atoms with Gasteiger partial charge in [-0.1, -0.05) is 30.3 Å². The molecule has 0 aromatic heterocycles. The maximum atomic E-state index is 12.2. The highest BCUT2D eigenvalue weighted by Crippen LogP contribution is 2.06. The van der Waals surface area contributed by atoms with Gasteiger partial charge in [-0.15, -0.1) is 0 Å². The van der Waals surface area contributed by atoms with E-state index in [-0.39, 0.29) is 11.8 Å². The summed E-state index contributed by atoms with van der Waals surface area (Å²) < 4.78 is 5.31. The molecular formula is C21H25N3O3. The van der Waals surface area contributed by atoms with Crippen LogP contribution in [0.15, 0.2) is 54.6 Å². The number of nitrogens with one attached hydrogen (secondary N) is 2. The third-order valence-corrected chi connectivity index (χ3v) is 4.52. The Labute approximate surface area is 159 Å². The molecule has 2 aromatic rings. The van der Waals surface area contributed by atoms with Gasteiger partial charge < -0.3 is 15.4 Å². The summed E-state index contributed by atoms with van der Waals surface area (Å²) in [5, 5.41) is 5.80. The molecule has 0 aliphatic carbocycles. The van der Waals surface area contributed by atoms with Crippen molar-refractivity contribution in [3.63, 3.8) is 0 Å². The van der Waals surface area contributed by atoms with Crippen LogP contribution in [-0.4, -0.2) is 56.1 Å². The van der Waals surface area contributed by atoms with Gasteiger partial charge in [-0.2, -0.15) is 0 Å². The van der Waals surface area contributed by atoms with E-state index in [9.17, 15) is 9.59 Å². The largest absolute Gasteiger partial charge is 0.379 e. The van der Waals surface area contributed by atoms with Crippen molar-refractivity contribution in [2.24, 2.45) is 0 Å². The molecule has 27 heavy (non-hydrogen) atoms. The monoisotopic (exact) mass is 367 g/mol. The highest BCUT2D eigenvalue weighted by atomic mass is 16.5. The van der Waals surface area contributed by atoms with Crippen molar-refractivity contribution in [1.82, 2.24) is 15.5 Å². The van der Waals surface area contributed by atoms with Gasteiger partial charge in [0.1, 0.15) is 0 Å². The summed E-state index contributed by atoms with van der Waals surface area (Å²) >= 11 is 0. The third-order valence-electron chi connectivity index (χ3n) is 4.52. The van der Waals surface area contributed by atoms with E-state index < -0.39 is 0 Å². The fourth-order valence-corrected chi connectivity index (χ4v) is 2.91. The molecule has 0 unspecified atom stereocenters. The molecule has 1 fully saturated rings. The van der Waals surface area contributed by atoms with Gasteiger partial charge >= 0.3 is 0 Å². The Balaban J connectivity index is 1.44. The number of ether oxygens (including phenoxy) is 1. The number of hydrogen-bond acceptors (Lipinski definition) is 4. The third kappa shape index (κ3) is 5.91. The summed E-state index contributed by atoms with van der Waals surface area (Å²) in [7, 11) is 0. The van der Waals surface area contributed by atoms with Gasteiger partial charge in [0.25, 0.3) is 11.8 Å². The van der Waals surface area contributed by atoms with Gasteiger partial charge in [0.15, 0.2) is 0 Å². The van der Waals surface area contributed by atoms with Crippen molar-refractivity contribution in [3.05, 3.63) is 71.3 Å². The number of benzene rings is 2. The second-order valence-corrected chi connectivity index (χ2v) is 6.46. The lowest BCUT2D eigenvalue weighted by Crippen LogP contribution is -2.41. The standard InChI is InChI=1S/C21H25N3O3/c25-20(22-10-11-24-12-14-27-15-13-24)18-6-8-19(9-7-18)21(26)23-16-17-4-2-1-3-5-17/h1-9H,10-16H2,(H,22,25)(H,23,26). The smallest absolute Gasteiger partial charge is 0.251 e. The lowest BCUT2D eigenvalue weighted by atomic mass is 10.1. The Morgan fingerprint density at radius 3 is 2.07 bits per heavy atom. The summed E-state index contributed by atoms with van der Waals surface area (Å²) in [6, 6.07) is 16.5. The van der Waals surface area contributed by atoms with Gasteiger partial charge in [0.05, 0.1) is 13.2 Å². The average molecular weight is 367 g/mol. The molecule has 2 N–H and O–H groups in total. The van der Waals surface area contributed by atoms with Crippen LogP contribution >= 0.6 is 0 Å². The average Bonchev–Trinajstić information content (AvgIpc) is 2.73. The van der Waals surface area contributed by atoms with Gasteiger partial charge in [-0.25, -0.2) is 0 Å². The molecule has 0 radical (unpaired) electrons. The molecule has 3 rings (SSSR count). The Morgan fingerprint density at radius 1 is 0.852 bits per heavy atom. The number of carbonyl (C=O) groups excluding carboxylic acids is 2. The van der Waals surface area contributed by atoms with E-state index in [0.29, 0.717) is 24.2 Å². The van der Waals surface area contributed by atoms with Gasteiger partial charge in [0, 0.05) is 43.9 Å². The first-order chi connectivity index (χ1) is 13.2. The maximum Gasteiger partial charge on any atom is 0.251 e. The number of morpholine rings is 1. The number of rotatable bonds is 7. The lowest BCUT2D eigenvalue weighted by Gasteiger charge is -2.26. The molecule has 6 heteroatoms. The fraction of sp³-hybridized carbons (Fsp3) is 0.333. The molecule has 1 heterocycles. The zero-order valence-electron chi connectivity index (χ0n) is 15.3. The van der Waals surface area contributed by atoms with Crippen LogP contribution in [-0.2, 0) is 11.3 Å². The Hall–Kier alpha value is -2.70. The van der Waals surface area contributed by atoms with Crippen LogP contribution in [0.5, 0.6) is 0 Å².